The van der Waals surface area contributed by atoms with Crippen molar-refractivity contribution in [3.63, 3.8) is 0 Å². The van der Waals surface area contributed by atoms with Gasteiger partial charge in [-0.05, 0) is 23.8 Å². The van der Waals surface area contributed by atoms with Gasteiger partial charge in [0.05, 0.1) is 11.4 Å². The molecule has 4 heteroatoms. The smallest absolute Gasteiger partial charge is 0.0550 e. The number of hydrogen-bond acceptors (Lipinski definition) is 3. The summed E-state index contributed by atoms with van der Waals surface area (Å²) in [5, 5.41) is 6.78. The molecular weight excluding hydrogens is 176 g/mol. The monoisotopic (exact) mass is 188 g/mol. The number of nitrogens with two attached hydrogens (primary N) is 2. The fourth-order valence-electron chi connectivity index (χ4n) is 1.34. The second-order valence-corrected chi connectivity index (χ2v) is 3.22. The maximum Gasteiger partial charge on any atom is 0.0550 e. The molecule has 2 aromatic rings. The van der Waals surface area contributed by atoms with E-state index in [4.69, 9.17) is 11.5 Å². The van der Waals surface area contributed by atoms with Crippen molar-refractivity contribution in [2.24, 2.45) is 0 Å². The van der Waals surface area contributed by atoms with Crippen molar-refractivity contribution in [2.45, 2.75) is 6.42 Å². The third-order valence-corrected chi connectivity index (χ3v) is 2.10. The van der Waals surface area contributed by atoms with E-state index in [1.54, 1.807) is 6.20 Å². The molecular formula is C10H12N4. The summed E-state index contributed by atoms with van der Waals surface area (Å²) in [6.45, 7) is 0. The second kappa shape index (κ2) is 3.41. The number of aromatic nitrogens is 2. The molecule has 1 heterocycles. The Balaban J connectivity index is 2.22. The minimum Gasteiger partial charge on any atom is -0.397 e. The van der Waals surface area contributed by atoms with Crippen LogP contribution in [0.3, 0.4) is 0 Å². The largest absolute Gasteiger partial charge is 0.397 e. The van der Waals surface area contributed by atoms with Crippen LogP contribution in [-0.4, -0.2) is 10.2 Å². The molecule has 0 fully saturated rings. The minimum atomic E-state index is 0.623. The van der Waals surface area contributed by atoms with E-state index in [9.17, 15) is 0 Å². The number of benzene rings is 1. The van der Waals surface area contributed by atoms with Crippen LogP contribution in [0.5, 0.6) is 0 Å². The molecule has 5 N–H and O–H groups in total. The Morgan fingerprint density at radius 3 is 2.64 bits per heavy atom. The zero-order valence-electron chi connectivity index (χ0n) is 7.70. The Hall–Kier alpha value is -1.97. The molecule has 0 saturated carbocycles. The highest BCUT2D eigenvalue weighted by Crippen LogP contribution is 2.17. The summed E-state index contributed by atoms with van der Waals surface area (Å²) >= 11 is 0. The van der Waals surface area contributed by atoms with Crippen LogP contribution in [-0.2, 0) is 6.42 Å². The van der Waals surface area contributed by atoms with Crippen molar-refractivity contribution in [1.82, 2.24) is 10.2 Å². The van der Waals surface area contributed by atoms with E-state index < -0.39 is 0 Å². The highest BCUT2D eigenvalue weighted by atomic mass is 15.1. The molecule has 72 valence electrons. The van der Waals surface area contributed by atoms with Crippen LogP contribution >= 0.6 is 0 Å². The summed E-state index contributed by atoms with van der Waals surface area (Å²) in [6.07, 6.45) is 2.53. The lowest BCUT2D eigenvalue weighted by Crippen LogP contribution is -1.96. The molecule has 0 aliphatic carbocycles. The fraction of sp³-hybridized carbons (Fsp3) is 0.100. The van der Waals surface area contributed by atoms with Crippen molar-refractivity contribution in [2.75, 3.05) is 11.5 Å². The first-order valence-electron chi connectivity index (χ1n) is 4.38. The van der Waals surface area contributed by atoms with Gasteiger partial charge in [-0.3, -0.25) is 5.10 Å². The third kappa shape index (κ3) is 1.69. The van der Waals surface area contributed by atoms with Crippen LogP contribution in [0.4, 0.5) is 11.4 Å². The molecule has 1 aromatic heterocycles. The number of nitrogen functional groups attached to an aromatic ring is 2. The van der Waals surface area contributed by atoms with E-state index >= 15 is 0 Å². The molecule has 14 heavy (non-hydrogen) atoms. The molecule has 0 atom stereocenters. The number of nitrogens with one attached hydrogen (secondary N) is 1. The predicted molar refractivity (Wildman–Crippen MR) is 56.7 cm³/mol. The van der Waals surface area contributed by atoms with Crippen molar-refractivity contribution >= 4 is 11.4 Å². The topological polar surface area (TPSA) is 80.7 Å². The van der Waals surface area contributed by atoms with Crippen LogP contribution in [0.1, 0.15) is 11.3 Å². The second-order valence-electron chi connectivity index (χ2n) is 3.22. The number of nitrogens with zero attached hydrogens (tertiary/aromatic N) is 1. The summed E-state index contributed by atoms with van der Waals surface area (Å²) in [5.41, 5.74) is 14.8. The quantitative estimate of drug-likeness (QED) is 0.619. The summed E-state index contributed by atoms with van der Waals surface area (Å²) < 4.78 is 0. The first-order valence-corrected chi connectivity index (χ1v) is 4.38. The van der Waals surface area contributed by atoms with E-state index in [-0.39, 0.29) is 0 Å². The van der Waals surface area contributed by atoms with Crippen molar-refractivity contribution in [1.29, 1.82) is 0 Å². The molecule has 0 radical (unpaired) electrons. The van der Waals surface area contributed by atoms with Crippen LogP contribution in [0.2, 0.25) is 0 Å². The summed E-state index contributed by atoms with van der Waals surface area (Å²) in [7, 11) is 0. The maximum atomic E-state index is 5.70. The molecule has 0 unspecified atom stereocenters. The minimum absolute atomic E-state index is 0.623. The molecule has 4 nitrogen and oxygen atoms in total. The van der Waals surface area contributed by atoms with Crippen molar-refractivity contribution < 1.29 is 0 Å². The van der Waals surface area contributed by atoms with Gasteiger partial charge in [0.25, 0.3) is 0 Å². The summed E-state index contributed by atoms with van der Waals surface area (Å²) in [5.74, 6) is 0. The van der Waals surface area contributed by atoms with Gasteiger partial charge in [-0.2, -0.15) is 5.10 Å². The third-order valence-electron chi connectivity index (χ3n) is 2.10. The van der Waals surface area contributed by atoms with Gasteiger partial charge in [-0.25, -0.2) is 0 Å². The Bertz CT molecular complexity index is 420. The van der Waals surface area contributed by atoms with Gasteiger partial charge in [0.2, 0.25) is 0 Å². The maximum absolute atomic E-state index is 5.70. The van der Waals surface area contributed by atoms with Gasteiger partial charge in [0, 0.05) is 18.3 Å². The van der Waals surface area contributed by atoms with E-state index in [0.717, 1.165) is 17.7 Å². The van der Waals surface area contributed by atoms with Gasteiger partial charge in [0.1, 0.15) is 0 Å². The number of H-pyrrole nitrogens is 1. The van der Waals surface area contributed by atoms with Crippen molar-refractivity contribution in [3.05, 3.63) is 41.7 Å². The fourth-order valence-corrected chi connectivity index (χ4v) is 1.34. The zero-order chi connectivity index (χ0) is 9.97. The molecule has 0 amide bonds. The Morgan fingerprint density at radius 1 is 1.14 bits per heavy atom. The Morgan fingerprint density at radius 2 is 2.00 bits per heavy atom. The lowest BCUT2D eigenvalue weighted by Gasteiger charge is -2.03. The van der Waals surface area contributed by atoms with Gasteiger partial charge in [-0.1, -0.05) is 6.07 Å². The zero-order valence-corrected chi connectivity index (χ0v) is 7.70. The van der Waals surface area contributed by atoms with E-state index in [0.29, 0.717) is 11.4 Å². The number of hydrogen-bond donors (Lipinski definition) is 3. The summed E-state index contributed by atoms with van der Waals surface area (Å²) in [4.78, 5) is 0. The molecule has 0 aliphatic heterocycles. The lowest BCUT2D eigenvalue weighted by atomic mass is 10.1. The number of aromatic amines is 1. The van der Waals surface area contributed by atoms with Gasteiger partial charge in [0.15, 0.2) is 0 Å². The standard InChI is InChI=1S/C10H12N4/c11-9-2-1-7(6-10(9)12)5-8-3-4-13-14-8/h1-4,6H,5,11-12H2,(H,13,14). The van der Waals surface area contributed by atoms with E-state index in [1.807, 2.05) is 24.3 Å². The lowest BCUT2D eigenvalue weighted by molar-refractivity contribution is 0.997. The average Bonchev–Trinajstić information content (AvgIpc) is 2.64. The molecule has 0 saturated heterocycles. The van der Waals surface area contributed by atoms with E-state index in [1.165, 1.54) is 0 Å². The number of rotatable bonds is 2. The van der Waals surface area contributed by atoms with Crippen molar-refractivity contribution in [3.8, 4) is 0 Å². The van der Waals surface area contributed by atoms with Crippen LogP contribution < -0.4 is 11.5 Å². The average molecular weight is 188 g/mol. The van der Waals surface area contributed by atoms with E-state index in [2.05, 4.69) is 10.2 Å². The summed E-state index contributed by atoms with van der Waals surface area (Å²) in [6, 6.07) is 7.61. The van der Waals surface area contributed by atoms with Gasteiger partial charge in [-0.15, -0.1) is 0 Å². The van der Waals surface area contributed by atoms with Gasteiger partial charge >= 0.3 is 0 Å². The number of anilines is 2. The Labute approximate surface area is 81.9 Å². The van der Waals surface area contributed by atoms with Crippen LogP contribution in [0, 0.1) is 0 Å². The first-order chi connectivity index (χ1) is 6.75. The van der Waals surface area contributed by atoms with Gasteiger partial charge < -0.3 is 11.5 Å². The Kier molecular flexibility index (Phi) is 2.10. The normalized spacial score (nSPS) is 10.3. The SMILES string of the molecule is Nc1ccc(Cc2ccn[nH]2)cc1N. The highest BCUT2D eigenvalue weighted by molar-refractivity contribution is 5.64. The first kappa shape index (κ1) is 8.62. The molecule has 0 spiro atoms. The molecule has 0 bridgehead atoms. The predicted octanol–water partition coefficient (Wildman–Crippen LogP) is 1.16. The highest BCUT2D eigenvalue weighted by Gasteiger charge is 1.99. The molecule has 2 rings (SSSR count). The molecule has 1 aromatic carbocycles. The van der Waals surface area contributed by atoms with Crippen LogP contribution in [0.25, 0.3) is 0 Å². The molecule has 0 aliphatic rings. The van der Waals surface area contributed by atoms with Crippen LogP contribution in [0.15, 0.2) is 30.5 Å².